The maximum absolute atomic E-state index is 11.3. The molecule has 3 heteroatoms. The van der Waals surface area contributed by atoms with Crippen LogP contribution < -0.4 is 5.32 Å². The minimum absolute atomic E-state index is 0.212. The van der Waals surface area contributed by atoms with Gasteiger partial charge in [0.15, 0.2) is 0 Å². The summed E-state index contributed by atoms with van der Waals surface area (Å²) in [5, 5.41) is 3.48. The van der Waals surface area contributed by atoms with Gasteiger partial charge in [0.1, 0.15) is 0 Å². The van der Waals surface area contributed by atoms with Crippen molar-refractivity contribution in [2.75, 3.05) is 20.6 Å². The molecule has 0 aromatic heterocycles. The molecule has 0 radical (unpaired) electrons. The number of nitrogens with zero attached hydrogens (tertiary/aromatic N) is 1. The third-order valence-corrected chi connectivity index (χ3v) is 3.08. The topological polar surface area (TPSA) is 32.3 Å². The Balaban J connectivity index is 2.07. The molecule has 1 rings (SSSR count). The monoisotopic (exact) mass is 212 g/mol. The van der Waals surface area contributed by atoms with E-state index in [0.29, 0.717) is 12.5 Å². The number of nitrogens with one attached hydrogen (secondary N) is 1. The van der Waals surface area contributed by atoms with Gasteiger partial charge in [-0.3, -0.25) is 4.79 Å². The maximum Gasteiger partial charge on any atom is 0.223 e. The van der Waals surface area contributed by atoms with E-state index in [4.69, 9.17) is 0 Å². The van der Waals surface area contributed by atoms with Crippen molar-refractivity contribution in [2.45, 2.75) is 45.1 Å². The molecule has 0 bridgehead atoms. The zero-order chi connectivity index (χ0) is 11.3. The van der Waals surface area contributed by atoms with Crippen molar-refractivity contribution in [2.24, 2.45) is 5.92 Å². The maximum atomic E-state index is 11.3. The van der Waals surface area contributed by atoms with Gasteiger partial charge in [0.25, 0.3) is 0 Å². The SMILES string of the molecule is CCC(CC1CC1)NCCC(=O)N(C)C. The summed E-state index contributed by atoms with van der Waals surface area (Å²) in [7, 11) is 3.62. The van der Waals surface area contributed by atoms with Gasteiger partial charge in [-0.1, -0.05) is 19.8 Å². The molecule has 0 spiro atoms. The van der Waals surface area contributed by atoms with Crippen LogP contribution in [0.5, 0.6) is 0 Å². The van der Waals surface area contributed by atoms with Crippen molar-refractivity contribution in [3.8, 4) is 0 Å². The van der Waals surface area contributed by atoms with E-state index in [1.54, 1.807) is 4.90 Å². The van der Waals surface area contributed by atoms with Crippen LogP contribution in [-0.4, -0.2) is 37.5 Å². The number of carbonyl (C=O) groups excluding carboxylic acids is 1. The van der Waals surface area contributed by atoms with E-state index in [9.17, 15) is 4.79 Å². The van der Waals surface area contributed by atoms with Crippen LogP contribution in [-0.2, 0) is 4.79 Å². The summed E-state index contributed by atoms with van der Waals surface area (Å²) in [4.78, 5) is 13.0. The van der Waals surface area contributed by atoms with Crippen LogP contribution in [0.15, 0.2) is 0 Å². The van der Waals surface area contributed by atoms with Crippen LogP contribution in [0, 0.1) is 5.92 Å². The van der Waals surface area contributed by atoms with Crippen LogP contribution in [0.25, 0.3) is 0 Å². The molecule has 0 aromatic rings. The zero-order valence-electron chi connectivity index (χ0n) is 10.3. The van der Waals surface area contributed by atoms with Gasteiger partial charge in [0.05, 0.1) is 0 Å². The molecule has 1 aliphatic rings. The molecule has 1 aliphatic carbocycles. The van der Waals surface area contributed by atoms with Crippen molar-refractivity contribution in [1.82, 2.24) is 10.2 Å². The first-order chi connectivity index (χ1) is 7.13. The van der Waals surface area contributed by atoms with Crippen molar-refractivity contribution >= 4 is 5.91 Å². The Bertz CT molecular complexity index is 200. The first-order valence-electron chi connectivity index (χ1n) is 6.07. The van der Waals surface area contributed by atoms with E-state index >= 15 is 0 Å². The molecule has 1 fully saturated rings. The Morgan fingerprint density at radius 3 is 2.60 bits per heavy atom. The molecule has 1 amide bonds. The summed E-state index contributed by atoms with van der Waals surface area (Å²) in [5.74, 6) is 1.18. The minimum atomic E-state index is 0.212. The minimum Gasteiger partial charge on any atom is -0.349 e. The highest BCUT2D eigenvalue weighted by atomic mass is 16.2. The fraction of sp³-hybridized carbons (Fsp3) is 0.917. The van der Waals surface area contributed by atoms with Crippen LogP contribution >= 0.6 is 0 Å². The lowest BCUT2D eigenvalue weighted by molar-refractivity contribution is -0.128. The Hall–Kier alpha value is -0.570. The highest BCUT2D eigenvalue weighted by molar-refractivity contribution is 5.75. The van der Waals surface area contributed by atoms with Gasteiger partial charge in [-0.15, -0.1) is 0 Å². The molecule has 0 aliphatic heterocycles. The van der Waals surface area contributed by atoms with E-state index in [1.807, 2.05) is 14.1 Å². The van der Waals surface area contributed by atoms with E-state index < -0.39 is 0 Å². The molecule has 0 saturated heterocycles. The first kappa shape index (κ1) is 12.5. The van der Waals surface area contributed by atoms with Crippen LogP contribution in [0.3, 0.4) is 0 Å². The van der Waals surface area contributed by atoms with Gasteiger partial charge in [0.2, 0.25) is 5.91 Å². The highest BCUT2D eigenvalue weighted by Gasteiger charge is 2.24. The van der Waals surface area contributed by atoms with Crippen molar-refractivity contribution < 1.29 is 4.79 Å². The van der Waals surface area contributed by atoms with E-state index in [1.165, 1.54) is 25.7 Å². The first-order valence-corrected chi connectivity index (χ1v) is 6.07. The molecule has 0 heterocycles. The molecule has 88 valence electrons. The molecule has 1 saturated carbocycles. The second kappa shape index (κ2) is 6.11. The molecule has 3 nitrogen and oxygen atoms in total. The van der Waals surface area contributed by atoms with Crippen molar-refractivity contribution in [3.63, 3.8) is 0 Å². The largest absolute Gasteiger partial charge is 0.349 e. The fourth-order valence-electron chi connectivity index (χ4n) is 1.76. The molecule has 1 N–H and O–H groups in total. The lowest BCUT2D eigenvalue weighted by Gasteiger charge is -2.17. The average Bonchev–Trinajstić information content (AvgIpc) is 2.99. The quantitative estimate of drug-likeness (QED) is 0.695. The molecule has 1 unspecified atom stereocenters. The summed E-state index contributed by atoms with van der Waals surface area (Å²) in [6.45, 7) is 3.04. The Kier molecular flexibility index (Phi) is 5.09. The van der Waals surface area contributed by atoms with Gasteiger partial charge >= 0.3 is 0 Å². The number of carbonyl (C=O) groups is 1. The highest BCUT2D eigenvalue weighted by Crippen LogP contribution is 2.33. The predicted molar refractivity (Wildman–Crippen MR) is 62.7 cm³/mol. The third-order valence-electron chi connectivity index (χ3n) is 3.08. The Morgan fingerprint density at radius 2 is 2.13 bits per heavy atom. The van der Waals surface area contributed by atoms with Crippen LogP contribution in [0.1, 0.15) is 39.0 Å². The second-order valence-electron chi connectivity index (χ2n) is 4.78. The van der Waals surface area contributed by atoms with Crippen LogP contribution in [0.2, 0.25) is 0 Å². The summed E-state index contributed by atoms with van der Waals surface area (Å²) < 4.78 is 0. The summed E-state index contributed by atoms with van der Waals surface area (Å²) >= 11 is 0. The van der Waals surface area contributed by atoms with Crippen molar-refractivity contribution in [1.29, 1.82) is 0 Å². The molecule has 15 heavy (non-hydrogen) atoms. The van der Waals surface area contributed by atoms with Gasteiger partial charge in [-0.2, -0.15) is 0 Å². The summed E-state index contributed by atoms with van der Waals surface area (Å²) in [6, 6.07) is 0.618. The lowest BCUT2D eigenvalue weighted by atomic mass is 10.1. The van der Waals surface area contributed by atoms with Gasteiger partial charge in [0, 0.05) is 33.1 Å². The lowest BCUT2D eigenvalue weighted by Crippen LogP contribution is -2.33. The van der Waals surface area contributed by atoms with E-state index in [0.717, 1.165) is 12.5 Å². The number of hydrogen-bond acceptors (Lipinski definition) is 2. The fourth-order valence-corrected chi connectivity index (χ4v) is 1.76. The molecular formula is C12H24N2O. The van der Waals surface area contributed by atoms with Gasteiger partial charge < -0.3 is 10.2 Å². The standard InChI is InChI=1S/C12H24N2O/c1-4-11(9-10-5-6-10)13-8-7-12(15)14(2)3/h10-11,13H,4-9H2,1-3H3. The van der Waals surface area contributed by atoms with Crippen molar-refractivity contribution in [3.05, 3.63) is 0 Å². The number of rotatable bonds is 7. The third kappa shape index (κ3) is 5.17. The van der Waals surface area contributed by atoms with Gasteiger partial charge in [-0.25, -0.2) is 0 Å². The summed E-state index contributed by atoms with van der Waals surface area (Å²) in [5.41, 5.74) is 0. The average molecular weight is 212 g/mol. The zero-order valence-corrected chi connectivity index (χ0v) is 10.3. The normalized spacial score (nSPS) is 17.5. The number of hydrogen-bond donors (Lipinski definition) is 1. The Labute approximate surface area is 93.2 Å². The Morgan fingerprint density at radius 1 is 1.47 bits per heavy atom. The molecule has 0 aromatic carbocycles. The molecular weight excluding hydrogens is 188 g/mol. The van der Waals surface area contributed by atoms with E-state index in [-0.39, 0.29) is 5.91 Å². The smallest absolute Gasteiger partial charge is 0.223 e. The van der Waals surface area contributed by atoms with Crippen LogP contribution in [0.4, 0.5) is 0 Å². The van der Waals surface area contributed by atoms with Gasteiger partial charge in [-0.05, 0) is 18.8 Å². The number of amides is 1. The summed E-state index contributed by atoms with van der Waals surface area (Å²) in [6.07, 6.45) is 5.91. The molecule has 1 atom stereocenters. The second-order valence-corrected chi connectivity index (χ2v) is 4.78. The predicted octanol–water partition coefficient (Wildman–Crippen LogP) is 1.63. The van der Waals surface area contributed by atoms with E-state index in [2.05, 4.69) is 12.2 Å².